The van der Waals surface area contributed by atoms with Gasteiger partial charge in [-0.3, -0.25) is 4.79 Å². The first-order valence-electron chi connectivity index (χ1n) is 1.88. The highest BCUT2D eigenvalue weighted by Gasteiger charge is 2.10. The van der Waals surface area contributed by atoms with E-state index in [-0.39, 0.29) is 0 Å². The molecule has 0 bridgehead atoms. The lowest BCUT2D eigenvalue weighted by Crippen LogP contribution is -1.78. The maximum absolute atomic E-state index is 9.22. The summed E-state index contributed by atoms with van der Waals surface area (Å²) in [6.45, 7) is 1.08. The third kappa shape index (κ3) is 50.0. The van der Waals surface area contributed by atoms with Crippen LogP contribution in [0.1, 0.15) is 6.92 Å². The molecule has 0 amide bonds. The van der Waals surface area contributed by atoms with Crippen LogP contribution in [0.3, 0.4) is 0 Å². The van der Waals surface area contributed by atoms with E-state index >= 15 is 0 Å². The van der Waals surface area contributed by atoms with Gasteiger partial charge in [-0.2, -0.15) is 0 Å². The molecule has 0 atom stereocenters. The summed E-state index contributed by atoms with van der Waals surface area (Å²) in [5.41, 5.74) is 0. The Labute approximate surface area is 56.0 Å². The summed E-state index contributed by atoms with van der Waals surface area (Å²) in [5, 5.41) is 14.6. The molecular weight excluding hydrogens is 167 g/mol. The molecule has 0 aromatic carbocycles. The van der Waals surface area contributed by atoms with Crippen LogP contribution in [-0.4, -0.2) is 26.1 Å². The molecule has 0 aromatic heterocycles. The second-order valence-electron chi connectivity index (χ2n) is 1.09. The van der Waals surface area contributed by atoms with Gasteiger partial charge in [0.15, 0.2) is 0 Å². The van der Waals surface area contributed by atoms with E-state index in [0.29, 0.717) is 0 Å². The van der Waals surface area contributed by atoms with E-state index in [1.165, 1.54) is 0 Å². The van der Waals surface area contributed by atoms with Gasteiger partial charge in [-0.1, -0.05) is 0 Å². The van der Waals surface area contributed by atoms with E-state index < -0.39 is 13.8 Å². The minimum atomic E-state index is -4.59. The molecule has 0 saturated carbocycles. The van der Waals surface area contributed by atoms with Crippen LogP contribution in [0.2, 0.25) is 0 Å². The molecule has 62 valence electrons. The molecule has 0 aliphatic carbocycles. The Bertz CT molecular complexity index is 131. The van der Waals surface area contributed by atoms with Gasteiger partial charge in [-0.25, -0.2) is 9.82 Å². The van der Waals surface area contributed by atoms with E-state index in [9.17, 15) is 4.57 Å². The average molecular weight is 174 g/mol. The quantitative estimate of drug-likeness (QED) is 0.243. The molecule has 0 heterocycles. The fraction of sp³-hybridized carbons (Fsp3) is 0.500. The highest BCUT2D eigenvalue weighted by molar-refractivity contribution is 7.46. The molecule has 0 aliphatic rings. The second-order valence-corrected chi connectivity index (χ2v) is 2.24. The van der Waals surface area contributed by atoms with E-state index in [4.69, 9.17) is 24.9 Å². The van der Waals surface area contributed by atoms with Crippen LogP contribution in [0.25, 0.3) is 0 Å². The predicted octanol–water partition coefficient (Wildman–Crippen LogP) is -0.340. The monoisotopic (exact) mass is 174 g/mol. The molecule has 0 radical (unpaired) electrons. The second kappa shape index (κ2) is 5.33. The van der Waals surface area contributed by atoms with E-state index in [2.05, 4.69) is 4.67 Å². The molecular formula is C2H7O7P. The van der Waals surface area contributed by atoms with Crippen LogP contribution >= 0.6 is 7.82 Å². The van der Waals surface area contributed by atoms with Gasteiger partial charge in [0.2, 0.25) is 0 Å². The van der Waals surface area contributed by atoms with E-state index in [0.717, 1.165) is 6.92 Å². The zero-order valence-electron chi connectivity index (χ0n) is 4.96. The van der Waals surface area contributed by atoms with Gasteiger partial charge in [0.1, 0.15) is 0 Å². The number of rotatable bonds is 1. The number of carbonyl (C=O) groups is 1. The fourth-order valence-corrected chi connectivity index (χ4v) is 0. The molecule has 0 rings (SSSR count). The van der Waals surface area contributed by atoms with Gasteiger partial charge in [-0.15, -0.1) is 4.67 Å². The Balaban J connectivity index is 0. The van der Waals surface area contributed by atoms with Crippen molar-refractivity contribution in [2.45, 2.75) is 6.92 Å². The molecule has 0 spiro atoms. The zero-order valence-corrected chi connectivity index (χ0v) is 5.86. The zero-order chi connectivity index (χ0) is 8.78. The number of aliphatic carboxylic acids is 1. The van der Waals surface area contributed by atoms with Gasteiger partial charge in [0, 0.05) is 6.92 Å². The van der Waals surface area contributed by atoms with Crippen molar-refractivity contribution in [3.05, 3.63) is 0 Å². The van der Waals surface area contributed by atoms with Gasteiger partial charge < -0.3 is 14.9 Å². The molecule has 10 heavy (non-hydrogen) atoms. The van der Waals surface area contributed by atoms with Crippen molar-refractivity contribution in [2.75, 3.05) is 0 Å². The Morgan fingerprint density at radius 3 is 1.60 bits per heavy atom. The minimum Gasteiger partial charge on any atom is -0.481 e. The Hall–Kier alpha value is -0.460. The van der Waals surface area contributed by atoms with Crippen LogP contribution in [0, 0.1) is 0 Å². The van der Waals surface area contributed by atoms with Crippen molar-refractivity contribution >= 4 is 13.8 Å². The molecule has 4 N–H and O–H groups in total. The van der Waals surface area contributed by atoms with Crippen LogP contribution < -0.4 is 0 Å². The van der Waals surface area contributed by atoms with E-state index in [1.54, 1.807) is 0 Å². The first-order chi connectivity index (χ1) is 4.29. The summed E-state index contributed by atoms with van der Waals surface area (Å²) >= 11 is 0. The first kappa shape index (κ1) is 12.2. The Morgan fingerprint density at radius 2 is 1.60 bits per heavy atom. The van der Waals surface area contributed by atoms with Crippen LogP contribution in [0.4, 0.5) is 0 Å². The number of phosphoric acid groups is 1. The summed E-state index contributed by atoms with van der Waals surface area (Å²) in [6, 6.07) is 0. The predicted molar refractivity (Wildman–Crippen MR) is 29.1 cm³/mol. The highest BCUT2D eigenvalue weighted by Crippen LogP contribution is 2.33. The molecule has 7 nitrogen and oxygen atoms in total. The summed E-state index contributed by atoms with van der Waals surface area (Å²) in [7, 11) is -4.59. The maximum atomic E-state index is 9.22. The Kier molecular flexibility index (Phi) is 6.53. The molecule has 0 aliphatic heterocycles. The van der Waals surface area contributed by atoms with Gasteiger partial charge in [0.05, 0.1) is 0 Å². The van der Waals surface area contributed by atoms with Crippen molar-refractivity contribution in [3.63, 3.8) is 0 Å². The Morgan fingerprint density at radius 1 is 1.50 bits per heavy atom. The van der Waals surface area contributed by atoms with Crippen LogP contribution in [0.15, 0.2) is 0 Å². The lowest BCUT2D eigenvalue weighted by molar-refractivity contribution is -0.158. The molecule has 0 aromatic rings. The van der Waals surface area contributed by atoms with Crippen molar-refractivity contribution < 1.29 is 34.2 Å². The van der Waals surface area contributed by atoms with Crippen molar-refractivity contribution in [1.29, 1.82) is 0 Å². The summed E-state index contributed by atoms with van der Waals surface area (Å²) in [5.74, 6) is -0.833. The summed E-state index contributed by atoms with van der Waals surface area (Å²) < 4.78 is 11.8. The lowest BCUT2D eigenvalue weighted by atomic mass is 10.9. The molecule has 8 heteroatoms. The number of hydrogen-bond donors (Lipinski definition) is 4. The van der Waals surface area contributed by atoms with Gasteiger partial charge in [0.25, 0.3) is 5.97 Å². The van der Waals surface area contributed by atoms with Gasteiger partial charge in [-0.05, 0) is 0 Å². The number of hydrogen-bond acceptors (Lipinski definition) is 4. The maximum Gasteiger partial charge on any atom is 0.496 e. The van der Waals surface area contributed by atoms with Crippen molar-refractivity contribution in [2.24, 2.45) is 0 Å². The van der Waals surface area contributed by atoms with Crippen molar-refractivity contribution in [3.8, 4) is 0 Å². The molecule has 0 unspecified atom stereocenters. The molecule has 0 saturated heterocycles. The lowest BCUT2D eigenvalue weighted by Gasteiger charge is -1.90. The van der Waals surface area contributed by atoms with E-state index in [1.807, 2.05) is 0 Å². The highest BCUT2D eigenvalue weighted by atomic mass is 31.2. The number of carboxylic acids is 1. The van der Waals surface area contributed by atoms with Gasteiger partial charge >= 0.3 is 7.82 Å². The normalized spacial score (nSPS) is 9.60. The fourth-order valence-electron chi connectivity index (χ4n) is 0. The van der Waals surface area contributed by atoms with Crippen LogP contribution in [-0.2, 0) is 14.0 Å². The summed E-state index contributed by atoms with van der Waals surface area (Å²) in [4.78, 5) is 23.9. The minimum absolute atomic E-state index is 0.833. The average Bonchev–Trinajstić information content (AvgIpc) is 1.63. The third-order valence-electron chi connectivity index (χ3n) is 0.106. The van der Waals surface area contributed by atoms with Crippen LogP contribution in [0.5, 0.6) is 0 Å². The number of carboxylic acid groups (broad SMARTS) is 1. The standard InChI is InChI=1S/C2H4O2.H3O5P/c1-2(3)4;1-5-6(2,3)4/h1H3,(H,3,4);1H,(H2,2,3,4). The molecule has 0 fully saturated rings. The van der Waals surface area contributed by atoms with Crippen molar-refractivity contribution in [1.82, 2.24) is 0 Å². The third-order valence-corrected chi connectivity index (χ3v) is 0.319. The summed E-state index contributed by atoms with van der Waals surface area (Å²) in [6.07, 6.45) is 0. The largest absolute Gasteiger partial charge is 0.496 e. The smallest absolute Gasteiger partial charge is 0.481 e. The topological polar surface area (TPSA) is 124 Å². The SMILES string of the molecule is CC(=O)O.O=P(O)(O)OO. The first-order valence-corrected chi connectivity index (χ1v) is 3.41.